The van der Waals surface area contributed by atoms with E-state index in [0.717, 1.165) is 17.7 Å². The molecule has 26 heavy (non-hydrogen) atoms. The number of Topliss-reactive ketones (excluding diaryl/α,β-unsaturated/α-hetero) is 1. The van der Waals surface area contributed by atoms with Crippen molar-refractivity contribution in [3.63, 3.8) is 0 Å². The highest BCUT2D eigenvalue weighted by Crippen LogP contribution is 2.30. The first kappa shape index (κ1) is 20.4. The van der Waals surface area contributed by atoms with Gasteiger partial charge in [-0.15, -0.1) is 0 Å². The van der Waals surface area contributed by atoms with Crippen molar-refractivity contribution in [2.45, 2.75) is 12.2 Å². The number of rotatable bonds is 7. The summed E-state index contributed by atoms with van der Waals surface area (Å²) in [5.74, 6) is -0.0772. The third-order valence-corrected chi connectivity index (χ3v) is 4.29. The fourth-order valence-electron chi connectivity index (χ4n) is 2.55. The minimum Gasteiger partial charge on any atom is -0.308 e. The zero-order valence-electron chi connectivity index (χ0n) is 14.5. The van der Waals surface area contributed by atoms with Crippen molar-refractivity contribution in [2.24, 2.45) is 0 Å². The number of halogens is 4. The Morgan fingerprint density at radius 1 is 1.08 bits per heavy atom. The Balaban J connectivity index is 1.98. The quantitative estimate of drug-likeness (QED) is 0.716. The summed E-state index contributed by atoms with van der Waals surface area (Å²) in [6.45, 7) is 0.560. The largest absolute Gasteiger partial charge is 0.416 e. The van der Waals surface area contributed by atoms with Gasteiger partial charge in [0, 0.05) is 23.2 Å². The Hall–Kier alpha value is -1.89. The van der Waals surface area contributed by atoms with Crippen LogP contribution in [-0.4, -0.2) is 37.9 Å². The second-order valence-corrected chi connectivity index (χ2v) is 6.60. The minimum absolute atomic E-state index is 0.0772. The van der Waals surface area contributed by atoms with Gasteiger partial charge >= 0.3 is 6.18 Å². The molecule has 0 bridgehead atoms. The van der Waals surface area contributed by atoms with E-state index in [2.05, 4.69) is 5.32 Å². The molecule has 0 radical (unpaired) electrons. The summed E-state index contributed by atoms with van der Waals surface area (Å²) in [6.07, 6.45) is -4.35. The molecule has 140 valence electrons. The first-order valence-electron chi connectivity index (χ1n) is 8.01. The number of hydrogen-bond acceptors (Lipinski definition) is 3. The Morgan fingerprint density at radius 3 is 2.15 bits per heavy atom. The van der Waals surface area contributed by atoms with Gasteiger partial charge in [-0.3, -0.25) is 4.79 Å². The van der Waals surface area contributed by atoms with Gasteiger partial charge in [-0.25, -0.2) is 0 Å². The molecule has 0 aliphatic carbocycles. The van der Waals surface area contributed by atoms with Crippen LogP contribution in [0.15, 0.2) is 48.5 Å². The van der Waals surface area contributed by atoms with E-state index in [-0.39, 0.29) is 18.4 Å². The summed E-state index contributed by atoms with van der Waals surface area (Å²) in [6, 6.07) is 11.5. The molecule has 0 aliphatic heterocycles. The van der Waals surface area contributed by atoms with Crippen molar-refractivity contribution in [1.29, 1.82) is 0 Å². The second-order valence-electron chi connectivity index (χ2n) is 6.16. The highest BCUT2D eigenvalue weighted by atomic mass is 35.5. The van der Waals surface area contributed by atoms with Crippen molar-refractivity contribution in [2.75, 3.05) is 27.2 Å². The molecule has 2 rings (SSSR count). The lowest BCUT2D eigenvalue weighted by molar-refractivity contribution is -0.137. The maximum absolute atomic E-state index is 12.7. The number of nitrogens with one attached hydrogen (secondary N) is 1. The van der Waals surface area contributed by atoms with Crippen LogP contribution in [0.5, 0.6) is 0 Å². The molecule has 0 heterocycles. The number of nitrogens with zero attached hydrogens (tertiary/aromatic N) is 1. The first-order valence-corrected chi connectivity index (χ1v) is 8.39. The molecule has 3 nitrogen and oxygen atoms in total. The maximum atomic E-state index is 12.7. The molecular formula is C19H20ClF3N2O. The van der Waals surface area contributed by atoms with Gasteiger partial charge in [-0.2, -0.15) is 13.2 Å². The molecule has 2 aromatic rings. The number of benzene rings is 2. The van der Waals surface area contributed by atoms with E-state index >= 15 is 0 Å². The average molecular weight is 385 g/mol. The van der Waals surface area contributed by atoms with E-state index in [9.17, 15) is 18.0 Å². The van der Waals surface area contributed by atoms with Crippen molar-refractivity contribution in [1.82, 2.24) is 10.2 Å². The SMILES string of the molecule is CN(C)C(CNCC(=O)c1ccc(Cl)cc1)c1ccc(C(F)(F)F)cc1. The molecule has 0 spiro atoms. The van der Waals surface area contributed by atoms with E-state index in [1.54, 1.807) is 24.3 Å². The van der Waals surface area contributed by atoms with Crippen LogP contribution < -0.4 is 5.32 Å². The van der Waals surface area contributed by atoms with Gasteiger partial charge in [0.05, 0.1) is 12.1 Å². The van der Waals surface area contributed by atoms with Crippen LogP contribution in [-0.2, 0) is 6.18 Å². The summed E-state index contributed by atoms with van der Waals surface area (Å²) >= 11 is 5.80. The predicted molar refractivity (Wildman–Crippen MR) is 96.5 cm³/mol. The van der Waals surface area contributed by atoms with Crippen LogP contribution in [0.25, 0.3) is 0 Å². The minimum atomic E-state index is -4.35. The summed E-state index contributed by atoms with van der Waals surface area (Å²) < 4.78 is 38.1. The lowest BCUT2D eigenvalue weighted by Gasteiger charge is -2.25. The number of hydrogen-bond donors (Lipinski definition) is 1. The molecule has 2 aromatic carbocycles. The van der Waals surface area contributed by atoms with Gasteiger partial charge in [-0.1, -0.05) is 23.7 Å². The molecule has 1 atom stereocenters. The number of likely N-dealkylation sites (N-methyl/N-ethyl adjacent to an activating group) is 1. The van der Waals surface area contributed by atoms with E-state index in [1.807, 2.05) is 19.0 Å². The Kier molecular flexibility index (Phi) is 6.81. The number of ketones is 1. The average Bonchev–Trinajstić information content (AvgIpc) is 2.58. The molecule has 0 aliphatic rings. The van der Waals surface area contributed by atoms with E-state index in [1.165, 1.54) is 12.1 Å². The Labute approximate surface area is 155 Å². The topological polar surface area (TPSA) is 32.3 Å². The Morgan fingerprint density at radius 2 is 1.65 bits per heavy atom. The molecule has 0 saturated carbocycles. The van der Waals surface area contributed by atoms with Gasteiger partial charge in [0.15, 0.2) is 5.78 Å². The molecule has 1 N–H and O–H groups in total. The summed E-state index contributed by atoms with van der Waals surface area (Å²) in [4.78, 5) is 14.0. The fourth-order valence-corrected chi connectivity index (χ4v) is 2.68. The third-order valence-electron chi connectivity index (χ3n) is 4.04. The van der Waals surface area contributed by atoms with Crippen LogP contribution in [0.2, 0.25) is 5.02 Å². The van der Waals surface area contributed by atoms with Crippen LogP contribution in [0.1, 0.15) is 27.5 Å². The fraction of sp³-hybridized carbons (Fsp3) is 0.316. The molecule has 0 saturated heterocycles. The Bertz CT molecular complexity index is 728. The van der Waals surface area contributed by atoms with Crippen LogP contribution in [0.3, 0.4) is 0 Å². The number of carbonyl (C=O) groups excluding carboxylic acids is 1. The second kappa shape index (κ2) is 8.66. The van der Waals surface area contributed by atoms with Gasteiger partial charge in [0.25, 0.3) is 0 Å². The zero-order valence-corrected chi connectivity index (χ0v) is 15.2. The maximum Gasteiger partial charge on any atom is 0.416 e. The number of alkyl halides is 3. The first-order chi connectivity index (χ1) is 12.2. The van der Waals surface area contributed by atoms with Gasteiger partial charge < -0.3 is 10.2 Å². The van der Waals surface area contributed by atoms with Gasteiger partial charge in [-0.05, 0) is 56.1 Å². The van der Waals surface area contributed by atoms with Gasteiger partial charge in [0.2, 0.25) is 0 Å². The lowest BCUT2D eigenvalue weighted by atomic mass is 10.0. The highest BCUT2D eigenvalue weighted by molar-refractivity contribution is 6.30. The van der Waals surface area contributed by atoms with E-state index in [0.29, 0.717) is 17.1 Å². The molecule has 0 amide bonds. The standard InChI is InChI=1S/C19H20ClF3N2O/c1-25(2)17(13-3-7-15(8-4-13)19(21,22)23)11-24-12-18(26)14-5-9-16(20)10-6-14/h3-10,17,24H,11-12H2,1-2H3. The van der Waals surface area contributed by atoms with Crippen molar-refractivity contribution >= 4 is 17.4 Å². The summed E-state index contributed by atoms with van der Waals surface area (Å²) in [5.41, 5.74) is 0.622. The number of carbonyl (C=O) groups is 1. The molecule has 1 unspecified atom stereocenters. The van der Waals surface area contributed by atoms with Crippen molar-refractivity contribution < 1.29 is 18.0 Å². The van der Waals surface area contributed by atoms with Crippen LogP contribution in [0, 0.1) is 0 Å². The summed E-state index contributed by atoms with van der Waals surface area (Å²) in [5, 5.41) is 3.64. The molecule has 0 aromatic heterocycles. The van der Waals surface area contributed by atoms with Crippen molar-refractivity contribution in [3.05, 3.63) is 70.2 Å². The molecule has 7 heteroatoms. The highest BCUT2D eigenvalue weighted by Gasteiger charge is 2.30. The third kappa shape index (κ3) is 5.56. The van der Waals surface area contributed by atoms with E-state index < -0.39 is 11.7 Å². The lowest BCUT2D eigenvalue weighted by Crippen LogP contribution is -2.33. The molecular weight excluding hydrogens is 365 g/mol. The van der Waals surface area contributed by atoms with Crippen molar-refractivity contribution in [3.8, 4) is 0 Å². The zero-order chi connectivity index (χ0) is 19.3. The van der Waals surface area contributed by atoms with Crippen LogP contribution in [0.4, 0.5) is 13.2 Å². The van der Waals surface area contributed by atoms with Gasteiger partial charge in [0.1, 0.15) is 0 Å². The molecule has 0 fully saturated rings. The summed E-state index contributed by atoms with van der Waals surface area (Å²) in [7, 11) is 3.68. The van der Waals surface area contributed by atoms with E-state index in [4.69, 9.17) is 11.6 Å². The predicted octanol–water partition coefficient (Wildman–Crippen LogP) is 4.43. The normalized spacial score (nSPS) is 13.0. The van der Waals surface area contributed by atoms with Crippen LogP contribution >= 0.6 is 11.6 Å². The monoisotopic (exact) mass is 384 g/mol. The smallest absolute Gasteiger partial charge is 0.308 e.